The molecule has 2 aliphatic heterocycles. The van der Waals surface area contributed by atoms with Gasteiger partial charge in [0.1, 0.15) is 0 Å². The van der Waals surface area contributed by atoms with Crippen molar-refractivity contribution < 1.29 is 9.47 Å². The first-order chi connectivity index (χ1) is 15.1. The van der Waals surface area contributed by atoms with Gasteiger partial charge in [-0.1, -0.05) is 44.2 Å². The summed E-state index contributed by atoms with van der Waals surface area (Å²) in [5.74, 6) is 1.52. The van der Waals surface area contributed by atoms with Crippen LogP contribution in [0.2, 0.25) is 0 Å². The fraction of sp³-hybridized carbons (Fsp3) is 0.720. The number of halogens is 1. The van der Waals surface area contributed by atoms with Crippen molar-refractivity contribution in [1.82, 2.24) is 15.5 Å². The molecule has 1 saturated carbocycles. The van der Waals surface area contributed by atoms with Gasteiger partial charge in [-0.2, -0.15) is 0 Å². The lowest BCUT2D eigenvalue weighted by atomic mass is 9.57. The maximum Gasteiger partial charge on any atom is 0.191 e. The van der Waals surface area contributed by atoms with Crippen molar-refractivity contribution >= 4 is 29.9 Å². The molecule has 0 amide bonds. The molecule has 0 aromatic heterocycles. The van der Waals surface area contributed by atoms with Crippen LogP contribution >= 0.6 is 24.0 Å². The van der Waals surface area contributed by atoms with E-state index in [9.17, 15) is 0 Å². The van der Waals surface area contributed by atoms with E-state index in [1.165, 1.54) is 5.56 Å². The molecular formula is C25H41IN4O2. The predicted octanol–water partition coefficient (Wildman–Crippen LogP) is 3.65. The number of piperidine rings is 1. The van der Waals surface area contributed by atoms with Gasteiger partial charge in [-0.3, -0.25) is 9.89 Å². The molecule has 3 aliphatic rings. The minimum Gasteiger partial charge on any atom is -0.378 e. The van der Waals surface area contributed by atoms with Gasteiger partial charge in [0.15, 0.2) is 5.96 Å². The Balaban J connectivity index is 0.00000289. The molecule has 1 aliphatic carbocycles. The van der Waals surface area contributed by atoms with E-state index in [4.69, 9.17) is 9.47 Å². The number of hydrogen-bond donors (Lipinski definition) is 2. The molecule has 2 saturated heterocycles. The zero-order valence-corrected chi connectivity index (χ0v) is 22.2. The van der Waals surface area contributed by atoms with Gasteiger partial charge in [0, 0.05) is 63.8 Å². The van der Waals surface area contributed by atoms with E-state index in [0.29, 0.717) is 24.2 Å². The van der Waals surface area contributed by atoms with Gasteiger partial charge in [-0.25, -0.2) is 0 Å². The van der Waals surface area contributed by atoms with Gasteiger partial charge in [0.05, 0.1) is 12.2 Å². The maximum atomic E-state index is 6.16. The predicted molar refractivity (Wildman–Crippen MR) is 141 cm³/mol. The number of ether oxygens (including phenoxy) is 2. The van der Waals surface area contributed by atoms with Crippen molar-refractivity contribution in [1.29, 1.82) is 0 Å². The molecule has 6 nitrogen and oxygen atoms in total. The molecule has 2 heterocycles. The van der Waals surface area contributed by atoms with Crippen molar-refractivity contribution in [3.05, 3.63) is 35.9 Å². The number of nitrogens with zero attached hydrogens (tertiary/aromatic N) is 2. The zero-order valence-electron chi connectivity index (χ0n) is 19.9. The van der Waals surface area contributed by atoms with Crippen LogP contribution in [-0.4, -0.2) is 69.0 Å². The highest BCUT2D eigenvalue weighted by molar-refractivity contribution is 14.0. The number of aliphatic imine (C=N–C) groups is 1. The third-order valence-electron chi connectivity index (χ3n) is 7.37. The largest absolute Gasteiger partial charge is 0.378 e. The molecule has 3 fully saturated rings. The number of rotatable bonds is 8. The normalized spacial score (nSPS) is 27.8. The molecule has 1 aromatic rings. The number of nitrogens with one attached hydrogen (secondary N) is 2. The fourth-order valence-electron chi connectivity index (χ4n) is 5.56. The van der Waals surface area contributed by atoms with Crippen molar-refractivity contribution in [2.24, 2.45) is 16.3 Å². The monoisotopic (exact) mass is 556 g/mol. The first kappa shape index (κ1) is 25.7. The van der Waals surface area contributed by atoms with Gasteiger partial charge in [-0.15, -0.1) is 24.0 Å². The summed E-state index contributed by atoms with van der Waals surface area (Å²) in [4.78, 5) is 6.96. The van der Waals surface area contributed by atoms with Crippen molar-refractivity contribution in [3.8, 4) is 0 Å². The molecule has 0 spiro atoms. The fourth-order valence-corrected chi connectivity index (χ4v) is 5.56. The molecule has 1 aromatic carbocycles. The minimum atomic E-state index is 0. The first-order valence-electron chi connectivity index (χ1n) is 12.0. The van der Waals surface area contributed by atoms with Gasteiger partial charge in [0.25, 0.3) is 0 Å². The van der Waals surface area contributed by atoms with Crippen molar-refractivity contribution in [2.45, 2.75) is 64.3 Å². The van der Waals surface area contributed by atoms with E-state index in [-0.39, 0.29) is 29.4 Å². The van der Waals surface area contributed by atoms with Crippen LogP contribution in [0.5, 0.6) is 0 Å². The lowest BCUT2D eigenvalue weighted by Crippen LogP contribution is -2.68. The summed E-state index contributed by atoms with van der Waals surface area (Å²) in [6.45, 7) is 10.5. The molecule has 3 unspecified atom stereocenters. The van der Waals surface area contributed by atoms with Crippen LogP contribution in [0.4, 0.5) is 0 Å². The summed E-state index contributed by atoms with van der Waals surface area (Å²) in [5.41, 5.74) is 1.56. The lowest BCUT2D eigenvalue weighted by Gasteiger charge is -2.54. The highest BCUT2D eigenvalue weighted by Gasteiger charge is 2.59. The average molecular weight is 557 g/mol. The summed E-state index contributed by atoms with van der Waals surface area (Å²) in [5, 5.41) is 7.11. The first-order valence-corrected chi connectivity index (χ1v) is 12.0. The summed E-state index contributed by atoms with van der Waals surface area (Å²) < 4.78 is 12.1. The Morgan fingerprint density at radius 3 is 2.66 bits per heavy atom. The zero-order chi connectivity index (χ0) is 21.7. The third-order valence-corrected chi connectivity index (χ3v) is 7.37. The Kier molecular flexibility index (Phi) is 9.64. The Bertz CT molecular complexity index is 722. The molecule has 2 N–H and O–H groups in total. The highest BCUT2D eigenvalue weighted by atomic mass is 127. The van der Waals surface area contributed by atoms with E-state index in [2.05, 4.69) is 64.7 Å². The van der Waals surface area contributed by atoms with Gasteiger partial charge in [0.2, 0.25) is 0 Å². The van der Waals surface area contributed by atoms with Crippen LogP contribution in [0.25, 0.3) is 0 Å². The molecule has 7 heteroatoms. The molecular weight excluding hydrogens is 515 g/mol. The summed E-state index contributed by atoms with van der Waals surface area (Å²) in [6.07, 6.45) is 5.21. The second kappa shape index (κ2) is 12.0. The van der Waals surface area contributed by atoms with Gasteiger partial charge < -0.3 is 20.1 Å². The molecule has 32 heavy (non-hydrogen) atoms. The van der Waals surface area contributed by atoms with Crippen LogP contribution in [0.3, 0.4) is 0 Å². The van der Waals surface area contributed by atoms with Crippen LogP contribution in [0, 0.1) is 11.3 Å². The number of fused-ring (bicyclic) bond motifs is 1. The summed E-state index contributed by atoms with van der Waals surface area (Å²) >= 11 is 0. The Labute approximate surface area is 210 Å². The standard InChI is InChI=1S/C25H40N4O2.HI/c1-25(2)22(21-12-17-31-23(21)25)28-24(26-3)27-13-7-16-30-20-10-14-29(15-11-20)18-19-8-5-4-6-9-19;/h4-6,8-9,20-23H,7,10-18H2,1-3H3,(H2,26,27,28);1H. The quantitative estimate of drug-likeness (QED) is 0.222. The van der Waals surface area contributed by atoms with E-state index in [0.717, 1.165) is 71.0 Å². The average Bonchev–Trinajstić information content (AvgIpc) is 3.25. The SMILES string of the molecule is CN=C(NCCCOC1CCN(Cc2ccccc2)CC1)NC1C2CCOC2C1(C)C.I. The molecule has 180 valence electrons. The lowest BCUT2D eigenvalue weighted by molar-refractivity contribution is -0.106. The number of guanidine groups is 1. The Morgan fingerprint density at radius 2 is 1.94 bits per heavy atom. The van der Waals surface area contributed by atoms with Crippen LogP contribution < -0.4 is 10.6 Å². The number of benzene rings is 1. The Morgan fingerprint density at radius 1 is 1.19 bits per heavy atom. The second-order valence-electron chi connectivity index (χ2n) is 9.87. The van der Waals surface area contributed by atoms with Crippen LogP contribution in [-0.2, 0) is 16.0 Å². The van der Waals surface area contributed by atoms with Gasteiger partial charge >= 0.3 is 0 Å². The van der Waals surface area contributed by atoms with Crippen LogP contribution in [0.1, 0.15) is 45.1 Å². The topological polar surface area (TPSA) is 58.1 Å². The van der Waals surface area contributed by atoms with E-state index >= 15 is 0 Å². The molecule has 3 atom stereocenters. The number of hydrogen-bond acceptors (Lipinski definition) is 4. The maximum absolute atomic E-state index is 6.16. The third kappa shape index (κ3) is 6.15. The Hall–Kier alpha value is -0.900. The second-order valence-corrected chi connectivity index (χ2v) is 9.87. The van der Waals surface area contributed by atoms with Crippen molar-refractivity contribution in [2.75, 3.05) is 39.9 Å². The smallest absolute Gasteiger partial charge is 0.191 e. The number of likely N-dealkylation sites (tertiary alicyclic amines) is 1. The van der Waals surface area contributed by atoms with E-state index in [1.807, 2.05) is 7.05 Å². The molecule has 0 radical (unpaired) electrons. The van der Waals surface area contributed by atoms with Crippen LogP contribution in [0.15, 0.2) is 35.3 Å². The summed E-state index contributed by atoms with van der Waals surface area (Å²) in [6, 6.07) is 11.2. The minimum absolute atomic E-state index is 0. The summed E-state index contributed by atoms with van der Waals surface area (Å²) in [7, 11) is 1.85. The van der Waals surface area contributed by atoms with E-state index in [1.54, 1.807) is 0 Å². The van der Waals surface area contributed by atoms with E-state index < -0.39 is 0 Å². The highest BCUT2D eigenvalue weighted by Crippen LogP contribution is 2.52. The van der Waals surface area contributed by atoms with Crippen molar-refractivity contribution in [3.63, 3.8) is 0 Å². The molecule has 4 rings (SSSR count). The van der Waals surface area contributed by atoms with Gasteiger partial charge in [-0.05, 0) is 31.2 Å². The molecule has 0 bridgehead atoms.